The molecule has 1 atom stereocenters. The molecular weight excluding hydrogens is 176 g/mol. The molecule has 0 N–H and O–H groups in total. The molecule has 2 rings (SSSR count). The molecule has 1 aliphatic heterocycles. The third-order valence-electron chi connectivity index (χ3n) is 2.68. The third-order valence-corrected chi connectivity index (χ3v) is 2.68. The normalized spacial score (nSPS) is 23.6. The largest absolute Gasteiger partial charge is 0.371 e. The smallest absolute Gasteiger partial charge is 0.0953 e. The van der Waals surface area contributed by atoms with E-state index in [0.29, 0.717) is 0 Å². The molecule has 0 unspecified atom stereocenters. The van der Waals surface area contributed by atoms with E-state index in [2.05, 4.69) is 16.8 Å². The van der Waals surface area contributed by atoms with E-state index in [0.717, 1.165) is 26.2 Å². The highest BCUT2D eigenvalue weighted by Crippen LogP contribution is 2.20. The second kappa shape index (κ2) is 4.53. The van der Waals surface area contributed by atoms with Crippen LogP contribution >= 0.6 is 0 Å². The molecule has 3 nitrogen and oxygen atoms in total. The maximum atomic E-state index is 5.73. The Morgan fingerprint density at radius 2 is 2.29 bits per heavy atom. The minimum atomic E-state index is 0.228. The first kappa shape index (κ1) is 9.62. The van der Waals surface area contributed by atoms with Crippen molar-refractivity contribution in [1.82, 2.24) is 9.88 Å². The first-order chi connectivity index (χ1) is 6.90. The van der Waals surface area contributed by atoms with E-state index in [9.17, 15) is 0 Å². The van der Waals surface area contributed by atoms with Crippen molar-refractivity contribution < 1.29 is 4.74 Å². The van der Waals surface area contributed by atoms with Crippen molar-refractivity contribution in [1.29, 1.82) is 0 Å². The van der Waals surface area contributed by atoms with E-state index < -0.39 is 0 Å². The molecule has 0 aromatic carbocycles. The van der Waals surface area contributed by atoms with Gasteiger partial charge in [0.1, 0.15) is 0 Å². The van der Waals surface area contributed by atoms with Gasteiger partial charge in [0.2, 0.25) is 0 Å². The van der Waals surface area contributed by atoms with Crippen LogP contribution in [-0.4, -0.2) is 36.1 Å². The van der Waals surface area contributed by atoms with Crippen molar-refractivity contribution in [2.24, 2.45) is 0 Å². The first-order valence-electron chi connectivity index (χ1n) is 5.14. The van der Waals surface area contributed by atoms with Gasteiger partial charge >= 0.3 is 0 Å². The Hall–Kier alpha value is -0.930. The summed E-state index contributed by atoms with van der Waals surface area (Å²) < 4.78 is 5.73. The van der Waals surface area contributed by atoms with Crippen molar-refractivity contribution in [2.75, 3.05) is 26.2 Å². The Balaban J connectivity index is 2.04. The van der Waals surface area contributed by atoms with E-state index >= 15 is 0 Å². The molecule has 1 aromatic heterocycles. The van der Waals surface area contributed by atoms with Crippen molar-refractivity contribution in [3.05, 3.63) is 30.1 Å². The monoisotopic (exact) mass is 192 g/mol. The number of hydrogen-bond acceptors (Lipinski definition) is 3. The van der Waals surface area contributed by atoms with E-state index in [1.807, 2.05) is 24.5 Å². The number of likely N-dealkylation sites (N-methyl/N-ethyl adjacent to an activating group) is 1. The molecule has 76 valence electrons. The van der Waals surface area contributed by atoms with Gasteiger partial charge in [-0.1, -0.05) is 6.92 Å². The topological polar surface area (TPSA) is 25.4 Å². The van der Waals surface area contributed by atoms with E-state index in [-0.39, 0.29) is 6.10 Å². The zero-order valence-electron chi connectivity index (χ0n) is 8.52. The molecule has 1 aliphatic rings. The van der Waals surface area contributed by atoms with Gasteiger partial charge in [-0.2, -0.15) is 0 Å². The van der Waals surface area contributed by atoms with E-state index in [1.165, 1.54) is 5.56 Å². The summed E-state index contributed by atoms with van der Waals surface area (Å²) in [4.78, 5) is 6.42. The minimum absolute atomic E-state index is 0.228. The van der Waals surface area contributed by atoms with Crippen LogP contribution in [0.3, 0.4) is 0 Å². The Labute approximate surface area is 84.7 Å². The van der Waals surface area contributed by atoms with Crippen LogP contribution in [0.1, 0.15) is 18.6 Å². The molecule has 0 saturated carbocycles. The van der Waals surface area contributed by atoms with Gasteiger partial charge in [0, 0.05) is 25.5 Å². The summed E-state index contributed by atoms with van der Waals surface area (Å²) in [6, 6.07) is 4.06. The lowest BCUT2D eigenvalue weighted by Gasteiger charge is -2.32. The second-order valence-electron chi connectivity index (χ2n) is 3.53. The van der Waals surface area contributed by atoms with Gasteiger partial charge in [-0.3, -0.25) is 9.88 Å². The lowest BCUT2D eigenvalue weighted by Crippen LogP contribution is -2.38. The quantitative estimate of drug-likeness (QED) is 0.709. The maximum Gasteiger partial charge on any atom is 0.0953 e. The number of ether oxygens (including phenoxy) is 1. The second-order valence-corrected chi connectivity index (χ2v) is 3.53. The molecule has 14 heavy (non-hydrogen) atoms. The fourth-order valence-corrected chi connectivity index (χ4v) is 1.77. The summed E-state index contributed by atoms with van der Waals surface area (Å²) in [7, 11) is 0. The van der Waals surface area contributed by atoms with Crippen molar-refractivity contribution in [3.63, 3.8) is 0 Å². The summed E-state index contributed by atoms with van der Waals surface area (Å²) in [5.74, 6) is 0. The number of rotatable bonds is 2. The standard InChI is InChI=1S/C11H16N2O/c1-2-13-7-8-14-11(9-13)10-3-5-12-6-4-10/h3-6,11H,2,7-9H2,1H3/t11-/m1/s1. The minimum Gasteiger partial charge on any atom is -0.371 e. The van der Waals surface area contributed by atoms with Crippen molar-refractivity contribution in [2.45, 2.75) is 13.0 Å². The lowest BCUT2D eigenvalue weighted by molar-refractivity contribution is -0.0282. The molecule has 2 heterocycles. The van der Waals surface area contributed by atoms with Gasteiger partial charge < -0.3 is 4.74 Å². The van der Waals surface area contributed by atoms with Crippen LogP contribution in [0.15, 0.2) is 24.5 Å². The molecule has 0 bridgehead atoms. The Morgan fingerprint density at radius 1 is 1.50 bits per heavy atom. The molecule has 1 saturated heterocycles. The molecule has 0 amide bonds. The van der Waals surface area contributed by atoms with Gasteiger partial charge in [0.25, 0.3) is 0 Å². The summed E-state index contributed by atoms with van der Waals surface area (Å²) >= 11 is 0. The van der Waals surface area contributed by atoms with E-state index in [1.54, 1.807) is 0 Å². The van der Waals surface area contributed by atoms with Crippen LogP contribution in [0, 0.1) is 0 Å². The maximum absolute atomic E-state index is 5.73. The molecule has 3 heteroatoms. The van der Waals surface area contributed by atoms with E-state index in [4.69, 9.17) is 4.74 Å². The number of pyridine rings is 1. The number of hydrogen-bond donors (Lipinski definition) is 0. The third kappa shape index (κ3) is 2.11. The van der Waals surface area contributed by atoms with Gasteiger partial charge in [0.15, 0.2) is 0 Å². The average Bonchev–Trinajstić information content (AvgIpc) is 2.30. The van der Waals surface area contributed by atoms with Gasteiger partial charge in [-0.25, -0.2) is 0 Å². The predicted molar refractivity (Wildman–Crippen MR) is 55.0 cm³/mol. The summed E-state index contributed by atoms with van der Waals surface area (Å²) in [5, 5.41) is 0. The SMILES string of the molecule is CCN1CCO[C@@H](c2ccncc2)C1. The van der Waals surface area contributed by atoms with Crippen LogP contribution in [0.25, 0.3) is 0 Å². The zero-order valence-corrected chi connectivity index (χ0v) is 8.52. The summed E-state index contributed by atoms with van der Waals surface area (Å²) in [5.41, 5.74) is 1.23. The van der Waals surface area contributed by atoms with Crippen LogP contribution < -0.4 is 0 Å². The van der Waals surface area contributed by atoms with Crippen molar-refractivity contribution >= 4 is 0 Å². The number of aromatic nitrogens is 1. The molecule has 0 radical (unpaired) electrons. The Morgan fingerprint density at radius 3 is 3.00 bits per heavy atom. The highest BCUT2D eigenvalue weighted by atomic mass is 16.5. The predicted octanol–water partition coefficient (Wildman–Crippen LogP) is 1.47. The average molecular weight is 192 g/mol. The fraction of sp³-hybridized carbons (Fsp3) is 0.545. The Kier molecular flexibility index (Phi) is 3.11. The highest BCUT2D eigenvalue weighted by molar-refractivity contribution is 5.14. The van der Waals surface area contributed by atoms with Crippen LogP contribution in [0.4, 0.5) is 0 Å². The molecule has 1 fully saturated rings. The summed E-state index contributed by atoms with van der Waals surface area (Å²) in [6.45, 7) is 6.18. The van der Waals surface area contributed by atoms with Gasteiger partial charge in [-0.15, -0.1) is 0 Å². The van der Waals surface area contributed by atoms with Gasteiger partial charge in [0.05, 0.1) is 12.7 Å². The number of nitrogens with zero attached hydrogens (tertiary/aromatic N) is 2. The highest BCUT2D eigenvalue weighted by Gasteiger charge is 2.20. The van der Waals surface area contributed by atoms with Crippen LogP contribution in [-0.2, 0) is 4.74 Å². The molecular formula is C11H16N2O. The lowest BCUT2D eigenvalue weighted by atomic mass is 10.1. The summed E-state index contributed by atoms with van der Waals surface area (Å²) in [6.07, 6.45) is 3.87. The first-order valence-corrected chi connectivity index (χ1v) is 5.14. The molecule has 0 spiro atoms. The Bertz CT molecular complexity index is 276. The number of morpholine rings is 1. The fourth-order valence-electron chi connectivity index (χ4n) is 1.77. The zero-order chi connectivity index (χ0) is 9.80. The van der Waals surface area contributed by atoms with Gasteiger partial charge in [-0.05, 0) is 24.2 Å². The molecule has 1 aromatic rings. The molecule has 0 aliphatic carbocycles. The van der Waals surface area contributed by atoms with Crippen LogP contribution in [0.5, 0.6) is 0 Å². The van der Waals surface area contributed by atoms with Crippen molar-refractivity contribution in [3.8, 4) is 0 Å². The van der Waals surface area contributed by atoms with Crippen LogP contribution in [0.2, 0.25) is 0 Å².